The summed E-state index contributed by atoms with van der Waals surface area (Å²) >= 11 is 0. The fraction of sp³-hybridized carbons (Fsp3) is 0.833. The van der Waals surface area contributed by atoms with Crippen molar-refractivity contribution in [2.45, 2.75) is 32.6 Å². The molecule has 2 aliphatic rings. The van der Waals surface area contributed by atoms with E-state index in [0.29, 0.717) is 18.9 Å². The lowest BCUT2D eigenvalue weighted by Gasteiger charge is -2.17. The van der Waals surface area contributed by atoms with Crippen molar-refractivity contribution in [1.82, 2.24) is 10.6 Å². The minimum atomic E-state index is -0.149. The molecule has 3 unspecified atom stereocenters. The molecule has 0 aromatic heterocycles. The number of carbonyl (C=O) groups is 2. The van der Waals surface area contributed by atoms with Crippen molar-refractivity contribution in [3.63, 3.8) is 0 Å². The second-order valence-electron chi connectivity index (χ2n) is 5.12. The van der Waals surface area contributed by atoms with Crippen molar-refractivity contribution >= 4 is 11.8 Å². The van der Waals surface area contributed by atoms with E-state index >= 15 is 0 Å². The van der Waals surface area contributed by atoms with Crippen molar-refractivity contribution in [2.24, 2.45) is 17.8 Å². The van der Waals surface area contributed by atoms with Crippen molar-refractivity contribution in [2.75, 3.05) is 13.1 Å². The van der Waals surface area contributed by atoms with Gasteiger partial charge in [-0.2, -0.15) is 0 Å². The molecule has 0 bridgehead atoms. The molecular formula is C12H20N2O2. The first-order chi connectivity index (χ1) is 7.66. The lowest BCUT2D eigenvalue weighted by molar-refractivity contribution is -0.126. The smallest absolute Gasteiger partial charge is 0.225 e. The molecule has 0 spiro atoms. The second kappa shape index (κ2) is 4.85. The fourth-order valence-electron chi connectivity index (χ4n) is 2.69. The highest BCUT2D eigenvalue weighted by atomic mass is 16.2. The minimum absolute atomic E-state index is 0.00520. The summed E-state index contributed by atoms with van der Waals surface area (Å²) in [7, 11) is 0. The maximum Gasteiger partial charge on any atom is 0.225 e. The average molecular weight is 224 g/mol. The van der Waals surface area contributed by atoms with Crippen LogP contribution >= 0.6 is 0 Å². The van der Waals surface area contributed by atoms with E-state index in [1.807, 2.05) is 0 Å². The van der Waals surface area contributed by atoms with E-state index in [1.54, 1.807) is 0 Å². The molecule has 1 saturated heterocycles. The number of amides is 2. The van der Waals surface area contributed by atoms with E-state index in [-0.39, 0.29) is 17.7 Å². The van der Waals surface area contributed by atoms with Crippen LogP contribution in [0.3, 0.4) is 0 Å². The molecule has 0 radical (unpaired) electrons. The summed E-state index contributed by atoms with van der Waals surface area (Å²) in [6, 6.07) is 0. The molecule has 2 amide bonds. The Hall–Kier alpha value is -1.06. The summed E-state index contributed by atoms with van der Waals surface area (Å²) in [4.78, 5) is 22.7. The van der Waals surface area contributed by atoms with Gasteiger partial charge < -0.3 is 10.6 Å². The summed E-state index contributed by atoms with van der Waals surface area (Å²) in [6.07, 6.45) is 4.14. The number of rotatable bonds is 3. The van der Waals surface area contributed by atoms with E-state index < -0.39 is 0 Å². The lowest BCUT2D eigenvalue weighted by Crippen LogP contribution is -2.35. The SMILES string of the molecule is CC1CCCC1CNC(=O)C1CNC(=O)C1. The molecule has 1 aliphatic carbocycles. The van der Waals surface area contributed by atoms with Gasteiger partial charge in [-0.1, -0.05) is 19.8 Å². The molecule has 2 N–H and O–H groups in total. The Balaban J connectivity index is 1.73. The number of hydrogen-bond donors (Lipinski definition) is 2. The summed E-state index contributed by atoms with van der Waals surface area (Å²) in [5.41, 5.74) is 0. The minimum Gasteiger partial charge on any atom is -0.356 e. The van der Waals surface area contributed by atoms with Crippen molar-refractivity contribution < 1.29 is 9.59 Å². The Kier molecular flexibility index (Phi) is 3.46. The van der Waals surface area contributed by atoms with Crippen LogP contribution in [-0.2, 0) is 9.59 Å². The van der Waals surface area contributed by atoms with E-state index in [4.69, 9.17) is 0 Å². The Labute approximate surface area is 96.2 Å². The third kappa shape index (κ3) is 2.54. The van der Waals surface area contributed by atoms with Gasteiger partial charge in [-0.05, 0) is 18.3 Å². The van der Waals surface area contributed by atoms with Gasteiger partial charge in [-0.25, -0.2) is 0 Å². The molecule has 4 heteroatoms. The van der Waals surface area contributed by atoms with Crippen LogP contribution in [-0.4, -0.2) is 24.9 Å². The Bertz CT molecular complexity index is 291. The molecular weight excluding hydrogens is 204 g/mol. The normalized spacial score (nSPS) is 33.8. The topological polar surface area (TPSA) is 58.2 Å². The first-order valence-corrected chi connectivity index (χ1v) is 6.21. The zero-order valence-electron chi connectivity index (χ0n) is 9.79. The summed E-state index contributed by atoms with van der Waals surface area (Å²) in [5.74, 6) is 1.24. The van der Waals surface area contributed by atoms with Crippen LogP contribution in [0, 0.1) is 17.8 Å². The fourth-order valence-corrected chi connectivity index (χ4v) is 2.69. The van der Waals surface area contributed by atoms with Gasteiger partial charge in [-0.15, -0.1) is 0 Å². The first kappa shape index (κ1) is 11.4. The second-order valence-corrected chi connectivity index (χ2v) is 5.12. The third-order valence-electron chi connectivity index (χ3n) is 3.93. The van der Waals surface area contributed by atoms with Gasteiger partial charge in [0.25, 0.3) is 0 Å². The maximum absolute atomic E-state index is 11.8. The van der Waals surface area contributed by atoms with E-state index in [2.05, 4.69) is 17.6 Å². The molecule has 16 heavy (non-hydrogen) atoms. The van der Waals surface area contributed by atoms with Crippen LogP contribution in [0.5, 0.6) is 0 Å². The largest absolute Gasteiger partial charge is 0.356 e. The van der Waals surface area contributed by atoms with E-state index in [0.717, 1.165) is 12.5 Å². The molecule has 3 atom stereocenters. The lowest BCUT2D eigenvalue weighted by atomic mass is 9.98. The number of nitrogens with one attached hydrogen (secondary N) is 2. The molecule has 90 valence electrons. The Morgan fingerprint density at radius 1 is 1.50 bits per heavy atom. The van der Waals surface area contributed by atoms with Gasteiger partial charge in [0.05, 0.1) is 5.92 Å². The first-order valence-electron chi connectivity index (χ1n) is 6.21. The van der Waals surface area contributed by atoms with Crippen molar-refractivity contribution in [1.29, 1.82) is 0 Å². The Morgan fingerprint density at radius 3 is 2.88 bits per heavy atom. The maximum atomic E-state index is 11.8. The zero-order valence-corrected chi connectivity index (χ0v) is 9.79. The summed E-state index contributed by atoms with van der Waals surface area (Å²) in [6.45, 7) is 3.54. The molecule has 1 aliphatic heterocycles. The van der Waals surface area contributed by atoms with Gasteiger partial charge in [0.1, 0.15) is 0 Å². The van der Waals surface area contributed by atoms with Gasteiger partial charge in [0.15, 0.2) is 0 Å². The standard InChI is InChI=1S/C12H20N2O2/c1-8-3-2-4-9(8)6-14-12(16)10-5-11(15)13-7-10/h8-10H,2-7H2,1H3,(H,13,15)(H,14,16). The predicted molar refractivity (Wildman–Crippen MR) is 60.6 cm³/mol. The monoisotopic (exact) mass is 224 g/mol. The summed E-state index contributed by atoms with van der Waals surface area (Å²) < 4.78 is 0. The molecule has 4 nitrogen and oxygen atoms in total. The van der Waals surface area contributed by atoms with Crippen LogP contribution in [0.15, 0.2) is 0 Å². The van der Waals surface area contributed by atoms with Crippen molar-refractivity contribution in [3.8, 4) is 0 Å². The Morgan fingerprint density at radius 2 is 2.31 bits per heavy atom. The average Bonchev–Trinajstić information content (AvgIpc) is 2.84. The highest BCUT2D eigenvalue weighted by Gasteiger charge is 2.29. The van der Waals surface area contributed by atoms with Crippen LogP contribution < -0.4 is 10.6 Å². The highest BCUT2D eigenvalue weighted by Crippen LogP contribution is 2.30. The number of carbonyl (C=O) groups excluding carboxylic acids is 2. The van der Waals surface area contributed by atoms with Gasteiger partial charge in [-0.3, -0.25) is 9.59 Å². The summed E-state index contributed by atoms with van der Waals surface area (Å²) in [5, 5.41) is 5.67. The van der Waals surface area contributed by atoms with E-state index in [1.165, 1.54) is 19.3 Å². The van der Waals surface area contributed by atoms with Crippen LogP contribution in [0.1, 0.15) is 32.6 Å². The van der Waals surface area contributed by atoms with Crippen LogP contribution in [0.2, 0.25) is 0 Å². The van der Waals surface area contributed by atoms with Gasteiger partial charge in [0, 0.05) is 19.5 Å². The van der Waals surface area contributed by atoms with Crippen LogP contribution in [0.25, 0.3) is 0 Å². The molecule has 2 fully saturated rings. The van der Waals surface area contributed by atoms with Gasteiger partial charge in [0.2, 0.25) is 11.8 Å². The molecule has 1 heterocycles. The third-order valence-corrected chi connectivity index (χ3v) is 3.93. The van der Waals surface area contributed by atoms with E-state index in [9.17, 15) is 9.59 Å². The van der Waals surface area contributed by atoms with Crippen LogP contribution in [0.4, 0.5) is 0 Å². The molecule has 2 rings (SSSR count). The van der Waals surface area contributed by atoms with Crippen molar-refractivity contribution in [3.05, 3.63) is 0 Å². The molecule has 0 aromatic carbocycles. The molecule has 1 saturated carbocycles. The van der Waals surface area contributed by atoms with Gasteiger partial charge >= 0.3 is 0 Å². The highest BCUT2D eigenvalue weighted by molar-refractivity contribution is 5.89. The predicted octanol–water partition coefficient (Wildman–Crippen LogP) is 0.675. The quantitative estimate of drug-likeness (QED) is 0.740. The number of hydrogen-bond acceptors (Lipinski definition) is 2. The molecule has 0 aromatic rings. The zero-order chi connectivity index (χ0) is 11.5.